The summed E-state index contributed by atoms with van der Waals surface area (Å²) in [5, 5.41) is 61.8. The standard InChI is InChI=1S/C27H34N4O9/c1-17(2)11-22-21-15-26(39-16-18-7-5-4-6-8-18)25(38-3)12-19(21)9-10-28(22)40-27-23(30(34)35)13-20(29(32)33)14-24(27)31(36)37/h4-8,12-15,17,22,29-32,34,36H,9-11,16H2,1-3H3/t22-/m1/s1. The predicted molar refractivity (Wildman–Crippen MR) is 141 cm³/mol. The molecule has 0 fully saturated rings. The minimum Gasteiger partial charge on any atom is -0.595 e. The van der Waals surface area contributed by atoms with Gasteiger partial charge in [0, 0.05) is 6.54 Å². The molecule has 3 aromatic rings. The van der Waals surface area contributed by atoms with Crippen LogP contribution in [0.4, 0.5) is 17.1 Å². The van der Waals surface area contributed by atoms with Crippen LogP contribution in [0, 0.1) is 21.5 Å². The Bertz CT molecular complexity index is 1260. The molecule has 0 saturated heterocycles. The molecule has 0 aromatic heterocycles. The van der Waals surface area contributed by atoms with E-state index < -0.39 is 38.5 Å². The summed E-state index contributed by atoms with van der Waals surface area (Å²) >= 11 is 0. The first-order valence-corrected chi connectivity index (χ1v) is 12.8. The number of methoxy groups -OCH3 is 1. The number of nitrogens with one attached hydrogen (secondary N) is 3. The first-order chi connectivity index (χ1) is 19.1. The van der Waals surface area contributed by atoms with Crippen LogP contribution in [0.2, 0.25) is 0 Å². The van der Waals surface area contributed by atoms with E-state index in [0.717, 1.165) is 28.8 Å². The Morgan fingerprint density at radius 1 is 0.925 bits per heavy atom. The fourth-order valence-electron chi connectivity index (χ4n) is 4.78. The molecule has 0 spiro atoms. The highest BCUT2D eigenvalue weighted by atomic mass is 16.8. The summed E-state index contributed by atoms with van der Waals surface area (Å²) in [7, 11) is 1.57. The van der Waals surface area contributed by atoms with E-state index in [-0.39, 0.29) is 12.0 Å². The molecule has 216 valence electrons. The maximum absolute atomic E-state index is 12.1. The quantitative estimate of drug-likeness (QED) is 0.189. The zero-order valence-electron chi connectivity index (χ0n) is 22.4. The highest BCUT2D eigenvalue weighted by Crippen LogP contribution is 2.42. The lowest BCUT2D eigenvalue weighted by molar-refractivity contribution is -1.00. The maximum atomic E-state index is 12.1. The van der Waals surface area contributed by atoms with E-state index in [1.54, 1.807) is 12.2 Å². The fourth-order valence-corrected chi connectivity index (χ4v) is 4.78. The van der Waals surface area contributed by atoms with Crippen LogP contribution in [0.3, 0.4) is 0 Å². The van der Waals surface area contributed by atoms with Gasteiger partial charge in [0.25, 0.3) is 5.75 Å². The largest absolute Gasteiger partial charge is 0.595 e. The third-order valence-corrected chi connectivity index (χ3v) is 6.67. The van der Waals surface area contributed by atoms with E-state index in [1.165, 1.54) is 0 Å². The molecule has 6 N–H and O–H groups in total. The van der Waals surface area contributed by atoms with Gasteiger partial charge in [-0.1, -0.05) is 44.2 Å². The van der Waals surface area contributed by atoms with Crippen LogP contribution >= 0.6 is 0 Å². The Morgan fingerprint density at radius 3 is 2.12 bits per heavy atom. The molecule has 0 amide bonds. The topological polar surface area (TPSA) is 174 Å². The number of rotatable bonds is 11. The summed E-state index contributed by atoms with van der Waals surface area (Å²) < 4.78 is 11.7. The molecule has 4 rings (SSSR count). The summed E-state index contributed by atoms with van der Waals surface area (Å²) in [6.45, 7) is 4.73. The van der Waals surface area contributed by atoms with Crippen molar-refractivity contribution in [2.24, 2.45) is 5.92 Å². The number of fused-ring (bicyclic) bond motifs is 1. The average Bonchev–Trinajstić information content (AvgIpc) is 2.92. The molecule has 1 aliphatic rings. The van der Waals surface area contributed by atoms with Crippen LogP contribution < -0.4 is 30.0 Å². The minimum absolute atomic E-state index is 0.199. The van der Waals surface area contributed by atoms with Crippen LogP contribution in [0.1, 0.15) is 43.0 Å². The Morgan fingerprint density at radius 2 is 1.57 bits per heavy atom. The third kappa shape index (κ3) is 6.68. The molecule has 3 unspecified atom stereocenters. The molecule has 0 aliphatic carbocycles. The summed E-state index contributed by atoms with van der Waals surface area (Å²) in [5.41, 5.74) is 1.32. The Labute approximate surface area is 231 Å². The summed E-state index contributed by atoms with van der Waals surface area (Å²) in [4.78, 5) is 6.08. The van der Waals surface area contributed by atoms with Gasteiger partial charge >= 0.3 is 0 Å². The van der Waals surface area contributed by atoms with E-state index in [2.05, 4.69) is 0 Å². The zero-order chi connectivity index (χ0) is 29.0. The molecule has 1 heterocycles. The Balaban J connectivity index is 1.73. The number of benzene rings is 3. The molecule has 0 saturated carbocycles. The van der Waals surface area contributed by atoms with Crippen LogP contribution in [-0.4, -0.2) is 34.3 Å². The van der Waals surface area contributed by atoms with Gasteiger partial charge in [-0.2, -0.15) is 15.7 Å². The van der Waals surface area contributed by atoms with Gasteiger partial charge in [-0.15, -0.1) is 5.06 Å². The lowest BCUT2D eigenvalue weighted by Crippen LogP contribution is -3.02. The number of ether oxygens (including phenoxy) is 2. The third-order valence-electron chi connectivity index (χ3n) is 6.67. The van der Waals surface area contributed by atoms with Crippen molar-refractivity contribution >= 4 is 17.1 Å². The number of hydrogen-bond donors (Lipinski definition) is 6. The van der Waals surface area contributed by atoms with E-state index in [0.29, 0.717) is 37.5 Å². The molecule has 1 aliphatic heterocycles. The second-order valence-corrected chi connectivity index (χ2v) is 9.92. The second-order valence-electron chi connectivity index (χ2n) is 9.92. The Hall–Kier alpha value is -3.34. The zero-order valence-corrected chi connectivity index (χ0v) is 22.4. The number of nitrogens with zero attached hydrogens (tertiary/aromatic N) is 1. The number of quaternary nitrogens is 3. The normalized spacial score (nSPS) is 17.7. The highest BCUT2D eigenvalue weighted by Gasteiger charge is 2.35. The van der Waals surface area contributed by atoms with Crippen LogP contribution in [-0.2, 0) is 13.0 Å². The summed E-state index contributed by atoms with van der Waals surface area (Å²) in [6, 6.07) is 14.9. The van der Waals surface area contributed by atoms with Crippen molar-refractivity contribution in [3.05, 3.63) is 86.9 Å². The number of hydrogen-bond acceptors (Lipinski definition) is 10. The van der Waals surface area contributed by atoms with Crippen molar-refractivity contribution in [2.75, 3.05) is 13.7 Å². The molecule has 3 aromatic carbocycles. The van der Waals surface area contributed by atoms with Crippen molar-refractivity contribution in [3.8, 4) is 17.2 Å². The van der Waals surface area contributed by atoms with Gasteiger partial charge in [-0.25, -0.2) is 15.6 Å². The second kappa shape index (κ2) is 12.9. The monoisotopic (exact) mass is 558 g/mol. The molecule has 13 nitrogen and oxygen atoms in total. The Kier molecular flexibility index (Phi) is 9.55. The molecule has 0 radical (unpaired) electrons. The predicted octanol–water partition coefficient (Wildman–Crippen LogP) is 1.42. The van der Waals surface area contributed by atoms with E-state index in [9.17, 15) is 31.2 Å². The van der Waals surface area contributed by atoms with Gasteiger partial charge in [-0.05, 0) is 47.6 Å². The highest BCUT2D eigenvalue weighted by molar-refractivity contribution is 5.65. The van der Waals surface area contributed by atoms with Gasteiger partial charge in [0.2, 0.25) is 11.4 Å². The van der Waals surface area contributed by atoms with Crippen molar-refractivity contribution < 1.29 is 45.6 Å². The molecular formula is C27H34N4O9. The fraction of sp³-hybridized carbons (Fsp3) is 0.333. The number of hydroxylamine groups is 2. The average molecular weight is 559 g/mol. The van der Waals surface area contributed by atoms with Crippen molar-refractivity contribution in [2.45, 2.75) is 39.3 Å². The van der Waals surface area contributed by atoms with E-state index in [1.807, 2.05) is 56.3 Å². The van der Waals surface area contributed by atoms with Crippen molar-refractivity contribution in [1.29, 1.82) is 0 Å². The lowest BCUT2D eigenvalue weighted by Gasteiger charge is -2.38. The maximum Gasteiger partial charge on any atom is 0.275 e. The van der Waals surface area contributed by atoms with Crippen LogP contribution in [0.15, 0.2) is 54.6 Å². The molecule has 40 heavy (non-hydrogen) atoms. The van der Waals surface area contributed by atoms with Gasteiger partial charge < -0.3 is 29.9 Å². The molecule has 4 atom stereocenters. The van der Waals surface area contributed by atoms with Crippen molar-refractivity contribution in [3.63, 3.8) is 0 Å². The van der Waals surface area contributed by atoms with Crippen LogP contribution in [0.25, 0.3) is 0 Å². The summed E-state index contributed by atoms with van der Waals surface area (Å²) in [6.07, 6.45) is 1.12. The summed E-state index contributed by atoms with van der Waals surface area (Å²) in [5.74, 6) is 0.892. The SMILES string of the molecule is COc1cc2c(cc1OCc1ccccc1)[C@@H](CC(C)C)N(Oc1c([NH+]([O-])O)cc([NH+]([O-])O)cc1[NH+]([O-])O)CC2. The van der Waals surface area contributed by atoms with Gasteiger partial charge in [-0.3, -0.25) is 0 Å². The molecule has 0 bridgehead atoms. The smallest absolute Gasteiger partial charge is 0.275 e. The van der Waals surface area contributed by atoms with Gasteiger partial charge in [0.15, 0.2) is 17.2 Å². The van der Waals surface area contributed by atoms with Crippen LogP contribution in [0.5, 0.6) is 17.2 Å². The van der Waals surface area contributed by atoms with Gasteiger partial charge in [0.1, 0.15) is 6.61 Å². The molecule has 13 heteroatoms. The lowest BCUT2D eigenvalue weighted by atomic mass is 9.88. The molecular weight excluding hydrogens is 524 g/mol. The first-order valence-electron chi connectivity index (χ1n) is 12.8. The van der Waals surface area contributed by atoms with Crippen molar-refractivity contribution in [1.82, 2.24) is 5.06 Å². The minimum atomic E-state index is -1.50. The first kappa shape index (κ1) is 29.6. The van der Waals surface area contributed by atoms with E-state index >= 15 is 0 Å². The van der Waals surface area contributed by atoms with Gasteiger partial charge in [0.05, 0.1) is 25.3 Å². The van der Waals surface area contributed by atoms with E-state index in [4.69, 9.17) is 14.3 Å².